The van der Waals surface area contributed by atoms with Crippen molar-refractivity contribution in [1.29, 1.82) is 0 Å². The van der Waals surface area contributed by atoms with Crippen LogP contribution >= 0.6 is 0 Å². The van der Waals surface area contributed by atoms with Crippen molar-refractivity contribution >= 4 is 5.91 Å². The molecule has 0 saturated carbocycles. The molecule has 0 aliphatic carbocycles. The van der Waals surface area contributed by atoms with Crippen LogP contribution in [0.15, 0.2) is 0 Å². The maximum Gasteiger partial charge on any atom is 0.220 e. The molecule has 0 heterocycles. The van der Waals surface area contributed by atoms with Crippen molar-refractivity contribution < 1.29 is 4.79 Å². The first-order valence-corrected chi connectivity index (χ1v) is 4.16. The Hall–Kier alpha value is -0.570. The highest BCUT2D eigenvalue weighted by Crippen LogP contribution is 1.93. The molecule has 0 fully saturated rings. The van der Waals surface area contributed by atoms with Gasteiger partial charge in [-0.1, -0.05) is 0 Å². The van der Waals surface area contributed by atoms with Crippen LogP contribution in [-0.4, -0.2) is 18.5 Å². The number of hydrogen-bond donors (Lipinski definition) is 2. The van der Waals surface area contributed by atoms with Gasteiger partial charge in [-0.2, -0.15) is 0 Å². The van der Waals surface area contributed by atoms with Crippen LogP contribution in [0.1, 0.15) is 33.1 Å². The molecule has 0 saturated heterocycles. The van der Waals surface area contributed by atoms with Crippen LogP contribution in [0.2, 0.25) is 0 Å². The average Bonchev–Trinajstić information content (AvgIpc) is 1.86. The lowest BCUT2D eigenvalue weighted by molar-refractivity contribution is -0.121. The summed E-state index contributed by atoms with van der Waals surface area (Å²) >= 11 is 0. The lowest BCUT2D eigenvalue weighted by atomic mass is 10.2. The van der Waals surface area contributed by atoms with E-state index >= 15 is 0 Å². The molecule has 0 unspecified atom stereocenters. The number of nitrogens with two attached hydrogens (primary N) is 1. The molecule has 3 heteroatoms. The predicted octanol–water partition coefficient (Wildman–Crippen LogP) is 0.640. The van der Waals surface area contributed by atoms with E-state index in [9.17, 15) is 4.79 Å². The third-order valence-electron chi connectivity index (χ3n) is 1.31. The molecule has 0 aliphatic rings. The van der Waals surface area contributed by atoms with Crippen molar-refractivity contribution in [1.82, 2.24) is 5.32 Å². The van der Waals surface area contributed by atoms with Gasteiger partial charge in [0.15, 0.2) is 0 Å². The first kappa shape index (κ1) is 10.4. The summed E-state index contributed by atoms with van der Waals surface area (Å²) in [5.41, 5.74) is 5.28. The van der Waals surface area contributed by atoms with Crippen LogP contribution in [0.25, 0.3) is 0 Å². The second-order valence-corrected chi connectivity index (χ2v) is 2.97. The number of hydrogen-bond acceptors (Lipinski definition) is 2. The number of nitrogens with one attached hydrogen (secondary N) is 1. The molecule has 0 spiro atoms. The molecule has 66 valence electrons. The van der Waals surface area contributed by atoms with Gasteiger partial charge in [0.1, 0.15) is 0 Å². The minimum atomic E-state index is 0.133. The van der Waals surface area contributed by atoms with Gasteiger partial charge < -0.3 is 11.1 Å². The zero-order chi connectivity index (χ0) is 8.69. The van der Waals surface area contributed by atoms with E-state index < -0.39 is 0 Å². The SMILES string of the molecule is CC(C)NC(=O)CCCCN. The Morgan fingerprint density at radius 3 is 2.55 bits per heavy atom. The van der Waals surface area contributed by atoms with E-state index in [-0.39, 0.29) is 11.9 Å². The second kappa shape index (κ2) is 6.16. The Balaban J connectivity index is 3.23. The Morgan fingerprint density at radius 1 is 1.45 bits per heavy atom. The maximum atomic E-state index is 11.0. The summed E-state index contributed by atoms with van der Waals surface area (Å²) in [5, 5.41) is 2.82. The maximum absolute atomic E-state index is 11.0. The number of amides is 1. The van der Waals surface area contributed by atoms with Crippen molar-refractivity contribution in [3.8, 4) is 0 Å². The number of carbonyl (C=O) groups excluding carboxylic acids is 1. The largest absolute Gasteiger partial charge is 0.354 e. The van der Waals surface area contributed by atoms with Crippen LogP contribution in [0.4, 0.5) is 0 Å². The van der Waals surface area contributed by atoms with E-state index in [1.807, 2.05) is 13.8 Å². The Bertz CT molecular complexity index is 113. The van der Waals surface area contributed by atoms with E-state index in [1.165, 1.54) is 0 Å². The molecule has 3 nitrogen and oxygen atoms in total. The normalized spacial score (nSPS) is 10.2. The minimum absolute atomic E-state index is 0.133. The summed E-state index contributed by atoms with van der Waals surface area (Å²) in [6.07, 6.45) is 2.44. The molecule has 0 bridgehead atoms. The van der Waals surface area contributed by atoms with Crippen LogP contribution in [0.5, 0.6) is 0 Å². The van der Waals surface area contributed by atoms with Crippen molar-refractivity contribution in [2.45, 2.75) is 39.2 Å². The van der Waals surface area contributed by atoms with Gasteiger partial charge in [-0.25, -0.2) is 0 Å². The average molecular weight is 158 g/mol. The van der Waals surface area contributed by atoms with Crippen LogP contribution in [0, 0.1) is 0 Å². The fraction of sp³-hybridized carbons (Fsp3) is 0.875. The minimum Gasteiger partial charge on any atom is -0.354 e. The fourth-order valence-corrected chi connectivity index (χ4v) is 0.824. The highest BCUT2D eigenvalue weighted by atomic mass is 16.1. The van der Waals surface area contributed by atoms with Crippen LogP contribution in [-0.2, 0) is 4.79 Å². The molecule has 11 heavy (non-hydrogen) atoms. The second-order valence-electron chi connectivity index (χ2n) is 2.97. The lowest BCUT2D eigenvalue weighted by Crippen LogP contribution is -2.29. The van der Waals surface area contributed by atoms with Gasteiger partial charge >= 0.3 is 0 Å². The highest BCUT2D eigenvalue weighted by molar-refractivity contribution is 5.76. The molecule has 3 N–H and O–H groups in total. The third kappa shape index (κ3) is 7.33. The van der Waals surface area contributed by atoms with Crippen LogP contribution < -0.4 is 11.1 Å². The Morgan fingerprint density at radius 2 is 2.09 bits per heavy atom. The van der Waals surface area contributed by atoms with Gasteiger partial charge in [0.25, 0.3) is 0 Å². The Labute approximate surface area is 68.3 Å². The quantitative estimate of drug-likeness (QED) is 0.577. The fourth-order valence-electron chi connectivity index (χ4n) is 0.824. The van der Waals surface area contributed by atoms with Gasteiger partial charge in [-0.15, -0.1) is 0 Å². The molecule has 0 aromatic rings. The first-order valence-electron chi connectivity index (χ1n) is 4.16. The number of unbranched alkanes of at least 4 members (excludes halogenated alkanes) is 1. The topological polar surface area (TPSA) is 55.1 Å². The van der Waals surface area contributed by atoms with E-state index in [4.69, 9.17) is 5.73 Å². The van der Waals surface area contributed by atoms with E-state index in [0.717, 1.165) is 12.8 Å². The lowest BCUT2D eigenvalue weighted by Gasteiger charge is -2.06. The van der Waals surface area contributed by atoms with Gasteiger partial charge in [0.05, 0.1) is 0 Å². The zero-order valence-electron chi connectivity index (χ0n) is 7.39. The van der Waals surface area contributed by atoms with Gasteiger partial charge in [0, 0.05) is 12.5 Å². The molecule has 0 radical (unpaired) electrons. The molecular weight excluding hydrogens is 140 g/mol. The molecular formula is C8H18N2O. The molecule has 0 aromatic heterocycles. The van der Waals surface area contributed by atoms with E-state index in [1.54, 1.807) is 0 Å². The van der Waals surface area contributed by atoms with E-state index in [2.05, 4.69) is 5.32 Å². The smallest absolute Gasteiger partial charge is 0.220 e. The van der Waals surface area contributed by atoms with Crippen molar-refractivity contribution in [2.24, 2.45) is 5.73 Å². The third-order valence-corrected chi connectivity index (χ3v) is 1.31. The summed E-state index contributed by atoms with van der Waals surface area (Å²) in [5.74, 6) is 0.133. The standard InChI is InChI=1S/C8H18N2O/c1-7(2)10-8(11)5-3-4-6-9/h7H,3-6,9H2,1-2H3,(H,10,11). The molecule has 0 aliphatic heterocycles. The molecule has 0 aromatic carbocycles. The van der Waals surface area contributed by atoms with Gasteiger partial charge in [-0.05, 0) is 33.2 Å². The summed E-state index contributed by atoms with van der Waals surface area (Å²) in [7, 11) is 0. The van der Waals surface area contributed by atoms with Crippen molar-refractivity contribution in [3.05, 3.63) is 0 Å². The monoisotopic (exact) mass is 158 g/mol. The summed E-state index contributed by atoms with van der Waals surface area (Å²) in [6.45, 7) is 4.59. The molecule has 1 amide bonds. The van der Waals surface area contributed by atoms with E-state index in [0.29, 0.717) is 13.0 Å². The summed E-state index contributed by atoms with van der Waals surface area (Å²) in [4.78, 5) is 11.0. The Kier molecular flexibility index (Phi) is 5.84. The molecule has 0 atom stereocenters. The first-order chi connectivity index (χ1) is 5.16. The summed E-state index contributed by atoms with van der Waals surface area (Å²) < 4.78 is 0. The molecule has 0 rings (SSSR count). The van der Waals surface area contributed by atoms with Gasteiger partial charge in [0.2, 0.25) is 5.91 Å². The van der Waals surface area contributed by atoms with Crippen LogP contribution in [0.3, 0.4) is 0 Å². The number of carbonyl (C=O) groups is 1. The highest BCUT2D eigenvalue weighted by Gasteiger charge is 2.00. The predicted molar refractivity (Wildman–Crippen MR) is 46.2 cm³/mol. The van der Waals surface area contributed by atoms with Gasteiger partial charge in [-0.3, -0.25) is 4.79 Å². The van der Waals surface area contributed by atoms with Crippen molar-refractivity contribution in [2.75, 3.05) is 6.54 Å². The zero-order valence-corrected chi connectivity index (χ0v) is 7.39. The van der Waals surface area contributed by atoms with Crippen molar-refractivity contribution in [3.63, 3.8) is 0 Å². The number of rotatable bonds is 5. The summed E-state index contributed by atoms with van der Waals surface area (Å²) in [6, 6.07) is 0.250.